The van der Waals surface area contributed by atoms with E-state index in [0.717, 1.165) is 30.6 Å². The van der Waals surface area contributed by atoms with Gasteiger partial charge in [0.1, 0.15) is 0 Å². The van der Waals surface area contributed by atoms with Crippen LogP contribution in [-0.2, 0) is 23.1 Å². The van der Waals surface area contributed by atoms with Gasteiger partial charge in [0.25, 0.3) is 0 Å². The molecule has 3 heterocycles. The number of rotatable bonds is 7. The standard InChI is InChI=1S/C17H23N5O3S/c1-25-17-13(3-2-7-18-17)10-21-11-14-6-8-19-22(14)15(12-21)9-20-26(23,24)16-4-5-16/h2-3,6-8,15-16,20H,4-5,9-12H2,1H3/t15-/m0/s1. The van der Waals surface area contributed by atoms with Crippen LogP contribution in [0.1, 0.15) is 30.1 Å². The van der Waals surface area contributed by atoms with Gasteiger partial charge in [-0.3, -0.25) is 9.58 Å². The third-order valence-corrected chi connectivity index (χ3v) is 6.79. The van der Waals surface area contributed by atoms with E-state index < -0.39 is 10.0 Å². The molecule has 1 atom stereocenters. The number of sulfonamides is 1. The van der Waals surface area contributed by atoms with E-state index in [1.54, 1.807) is 19.5 Å². The number of nitrogens with one attached hydrogen (secondary N) is 1. The molecule has 1 aliphatic carbocycles. The van der Waals surface area contributed by atoms with Crippen molar-refractivity contribution in [3.63, 3.8) is 0 Å². The van der Waals surface area contributed by atoms with E-state index in [-0.39, 0.29) is 11.3 Å². The van der Waals surface area contributed by atoms with Gasteiger partial charge in [0.05, 0.1) is 24.1 Å². The molecule has 26 heavy (non-hydrogen) atoms. The topological polar surface area (TPSA) is 89.3 Å². The molecule has 0 saturated heterocycles. The Kier molecular flexibility index (Phi) is 4.68. The molecule has 9 heteroatoms. The summed E-state index contributed by atoms with van der Waals surface area (Å²) in [5.41, 5.74) is 2.09. The van der Waals surface area contributed by atoms with Crippen LogP contribution in [0, 0.1) is 0 Å². The SMILES string of the molecule is COc1ncccc1CN1Cc2ccnn2[C@@H](CNS(=O)(=O)C2CC2)C1. The summed E-state index contributed by atoms with van der Waals surface area (Å²) in [6.45, 7) is 2.51. The predicted molar refractivity (Wildman–Crippen MR) is 96.1 cm³/mol. The van der Waals surface area contributed by atoms with Crippen LogP contribution in [0.15, 0.2) is 30.6 Å². The van der Waals surface area contributed by atoms with E-state index in [1.165, 1.54) is 0 Å². The van der Waals surface area contributed by atoms with Crippen LogP contribution in [0.4, 0.5) is 0 Å². The molecule has 0 amide bonds. The minimum atomic E-state index is -3.20. The zero-order valence-electron chi connectivity index (χ0n) is 14.7. The molecule has 0 bridgehead atoms. The van der Waals surface area contributed by atoms with Crippen LogP contribution in [-0.4, -0.2) is 53.5 Å². The Bertz CT molecular complexity index is 878. The van der Waals surface area contributed by atoms with E-state index in [2.05, 4.69) is 19.7 Å². The maximum Gasteiger partial charge on any atom is 0.217 e. The van der Waals surface area contributed by atoms with Gasteiger partial charge in [-0.1, -0.05) is 6.07 Å². The number of fused-ring (bicyclic) bond motifs is 1. The first kappa shape index (κ1) is 17.4. The van der Waals surface area contributed by atoms with E-state index in [4.69, 9.17) is 4.74 Å². The van der Waals surface area contributed by atoms with E-state index in [1.807, 2.05) is 22.9 Å². The van der Waals surface area contributed by atoms with Crippen molar-refractivity contribution >= 4 is 10.0 Å². The first-order valence-electron chi connectivity index (χ1n) is 8.78. The van der Waals surface area contributed by atoms with Gasteiger partial charge >= 0.3 is 0 Å². The Morgan fingerprint density at radius 3 is 2.92 bits per heavy atom. The number of nitrogens with zero attached hydrogens (tertiary/aromatic N) is 4. The van der Waals surface area contributed by atoms with Crippen molar-refractivity contribution in [1.29, 1.82) is 0 Å². The van der Waals surface area contributed by atoms with Gasteiger partial charge in [0.15, 0.2) is 0 Å². The lowest BCUT2D eigenvalue weighted by Gasteiger charge is -2.34. The van der Waals surface area contributed by atoms with E-state index in [9.17, 15) is 8.42 Å². The van der Waals surface area contributed by atoms with Crippen LogP contribution in [0.5, 0.6) is 5.88 Å². The molecular weight excluding hydrogens is 354 g/mol. The second-order valence-corrected chi connectivity index (χ2v) is 8.90. The van der Waals surface area contributed by atoms with Crippen LogP contribution < -0.4 is 9.46 Å². The number of aromatic nitrogens is 3. The van der Waals surface area contributed by atoms with Crippen molar-refractivity contribution < 1.29 is 13.2 Å². The fraction of sp³-hybridized carbons (Fsp3) is 0.529. The average Bonchev–Trinajstić information content (AvgIpc) is 3.40. The monoisotopic (exact) mass is 377 g/mol. The number of ether oxygens (including phenoxy) is 1. The van der Waals surface area contributed by atoms with Crippen molar-refractivity contribution in [3.8, 4) is 5.88 Å². The maximum atomic E-state index is 12.2. The molecule has 1 saturated carbocycles. The van der Waals surface area contributed by atoms with E-state index in [0.29, 0.717) is 25.5 Å². The van der Waals surface area contributed by atoms with E-state index >= 15 is 0 Å². The van der Waals surface area contributed by atoms with Gasteiger partial charge in [0, 0.05) is 44.1 Å². The van der Waals surface area contributed by atoms with Crippen molar-refractivity contribution in [1.82, 2.24) is 24.4 Å². The van der Waals surface area contributed by atoms with Gasteiger partial charge in [-0.25, -0.2) is 18.1 Å². The summed E-state index contributed by atoms with van der Waals surface area (Å²) in [4.78, 5) is 6.52. The quantitative estimate of drug-likeness (QED) is 0.772. The normalized spacial score (nSPS) is 20.7. The lowest BCUT2D eigenvalue weighted by Crippen LogP contribution is -2.43. The number of pyridine rings is 1. The molecule has 8 nitrogen and oxygen atoms in total. The second kappa shape index (κ2) is 6.98. The smallest absolute Gasteiger partial charge is 0.217 e. The Hall–Kier alpha value is -1.97. The van der Waals surface area contributed by atoms with Crippen molar-refractivity contribution in [2.75, 3.05) is 20.2 Å². The van der Waals surface area contributed by atoms with Gasteiger partial charge in [-0.05, 0) is 25.0 Å². The molecule has 1 aliphatic heterocycles. The summed E-state index contributed by atoms with van der Waals surface area (Å²) in [6.07, 6.45) is 5.01. The van der Waals surface area contributed by atoms with Gasteiger partial charge < -0.3 is 4.74 Å². The fourth-order valence-corrected chi connectivity index (χ4v) is 4.83. The fourth-order valence-electron chi connectivity index (χ4n) is 3.41. The molecular formula is C17H23N5O3S. The summed E-state index contributed by atoms with van der Waals surface area (Å²) < 4.78 is 34.4. The largest absolute Gasteiger partial charge is 0.481 e. The number of methoxy groups -OCH3 is 1. The molecule has 0 aromatic carbocycles. The highest BCUT2D eigenvalue weighted by molar-refractivity contribution is 7.90. The third-order valence-electron chi connectivity index (χ3n) is 4.87. The zero-order valence-corrected chi connectivity index (χ0v) is 15.5. The molecule has 1 fully saturated rings. The lowest BCUT2D eigenvalue weighted by molar-refractivity contribution is 0.166. The average molecular weight is 377 g/mol. The maximum absolute atomic E-state index is 12.2. The highest BCUT2D eigenvalue weighted by atomic mass is 32.2. The zero-order chi connectivity index (χ0) is 18.1. The first-order valence-corrected chi connectivity index (χ1v) is 10.3. The van der Waals surface area contributed by atoms with Crippen LogP contribution >= 0.6 is 0 Å². The number of hydrogen-bond acceptors (Lipinski definition) is 6. The Morgan fingerprint density at radius 1 is 1.31 bits per heavy atom. The van der Waals surface area contributed by atoms with Gasteiger partial charge in [-0.15, -0.1) is 0 Å². The van der Waals surface area contributed by atoms with Crippen LogP contribution in [0.25, 0.3) is 0 Å². The summed E-state index contributed by atoms with van der Waals surface area (Å²) in [5, 5.41) is 4.18. The molecule has 4 rings (SSSR count). The van der Waals surface area contributed by atoms with Crippen molar-refractivity contribution in [3.05, 3.63) is 41.9 Å². The van der Waals surface area contributed by atoms with Crippen molar-refractivity contribution in [2.24, 2.45) is 0 Å². The highest BCUT2D eigenvalue weighted by Gasteiger charge is 2.36. The molecule has 2 aromatic rings. The minimum absolute atomic E-state index is 0.0371. The van der Waals surface area contributed by atoms with Gasteiger partial charge in [-0.2, -0.15) is 5.10 Å². The summed E-state index contributed by atoms with van der Waals surface area (Å²) >= 11 is 0. The number of hydrogen-bond donors (Lipinski definition) is 1. The highest BCUT2D eigenvalue weighted by Crippen LogP contribution is 2.28. The molecule has 2 aromatic heterocycles. The molecule has 0 spiro atoms. The van der Waals surface area contributed by atoms with Crippen molar-refractivity contribution in [2.45, 2.75) is 37.2 Å². The molecule has 0 radical (unpaired) electrons. The first-order chi connectivity index (χ1) is 12.6. The predicted octanol–water partition coefficient (Wildman–Crippen LogP) is 0.925. The molecule has 140 valence electrons. The molecule has 0 unspecified atom stereocenters. The van der Waals surface area contributed by atoms with Gasteiger partial charge in [0.2, 0.25) is 15.9 Å². The minimum Gasteiger partial charge on any atom is -0.481 e. The Labute approximate surface area is 153 Å². The summed E-state index contributed by atoms with van der Waals surface area (Å²) in [6, 6.07) is 5.84. The van der Waals surface area contributed by atoms with Crippen LogP contribution in [0.3, 0.4) is 0 Å². The Morgan fingerprint density at radius 2 is 2.15 bits per heavy atom. The summed E-state index contributed by atoms with van der Waals surface area (Å²) in [5.74, 6) is 0.623. The second-order valence-electron chi connectivity index (χ2n) is 6.86. The molecule has 1 N–H and O–H groups in total. The lowest BCUT2D eigenvalue weighted by atomic mass is 10.1. The third kappa shape index (κ3) is 3.60. The van der Waals surface area contributed by atoms with Crippen LogP contribution in [0.2, 0.25) is 0 Å². The summed E-state index contributed by atoms with van der Waals surface area (Å²) in [7, 11) is -1.58. The molecule has 2 aliphatic rings. The Balaban J connectivity index is 1.49.